The van der Waals surface area contributed by atoms with Crippen LogP contribution < -0.4 is 0 Å². The predicted octanol–water partition coefficient (Wildman–Crippen LogP) is 1.60. The Morgan fingerprint density at radius 3 is 2.86 bits per heavy atom. The van der Waals surface area contributed by atoms with E-state index in [9.17, 15) is 5.11 Å². The molecule has 1 N–H and O–H groups in total. The third-order valence-corrected chi connectivity index (χ3v) is 2.76. The average molecular weight is 193 g/mol. The van der Waals surface area contributed by atoms with Crippen molar-refractivity contribution < 1.29 is 9.84 Å². The Morgan fingerprint density at radius 1 is 1.50 bits per heavy atom. The van der Waals surface area contributed by atoms with Gasteiger partial charge in [-0.05, 0) is 31.4 Å². The molecule has 3 heteroatoms. The summed E-state index contributed by atoms with van der Waals surface area (Å²) in [6.07, 6.45) is 2.75. The highest BCUT2D eigenvalue weighted by Crippen LogP contribution is 2.39. The molecular weight excluding hydrogens is 178 g/mol. The van der Waals surface area contributed by atoms with Gasteiger partial charge in [0.1, 0.15) is 5.60 Å². The second-order valence-electron chi connectivity index (χ2n) is 3.83. The van der Waals surface area contributed by atoms with Crippen molar-refractivity contribution in [2.45, 2.75) is 31.5 Å². The molecule has 76 valence electrons. The fourth-order valence-corrected chi connectivity index (χ4v) is 1.73. The first-order valence-corrected chi connectivity index (χ1v) is 4.92. The predicted molar refractivity (Wildman–Crippen MR) is 52.7 cm³/mol. The topological polar surface area (TPSA) is 42.4 Å². The van der Waals surface area contributed by atoms with E-state index in [1.54, 1.807) is 7.11 Å². The Balaban J connectivity index is 2.21. The zero-order valence-corrected chi connectivity index (χ0v) is 8.36. The van der Waals surface area contributed by atoms with Gasteiger partial charge in [0.25, 0.3) is 0 Å². The maximum absolute atomic E-state index is 10.1. The van der Waals surface area contributed by atoms with Gasteiger partial charge >= 0.3 is 0 Å². The second kappa shape index (κ2) is 3.67. The van der Waals surface area contributed by atoms with Crippen LogP contribution in [0, 0.1) is 0 Å². The van der Waals surface area contributed by atoms with E-state index in [4.69, 9.17) is 4.74 Å². The van der Waals surface area contributed by atoms with E-state index in [0.717, 1.165) is 30.7 Å². The smallest absolute Gasteiger partial charge is 0.106 e. The maximum atomic E-state index is 10.1. The van der Waals surface area contributed by atoms with Crippen molar-refractivity contribution in [1.29, 1.82) is 0 Å². The third kappa shape index (κ3) is 1.65. The number of nitrogens with zero attached hydrogens (tertiary/aromatic N) is 1. The molecule has 2 rings (SSSR count). The molecule has 1 fully saturated rings. The first-order valence-electron chi connectivity index (χ1n) is 4.92. The number of hydrogen-bond acceptors (Lipinski definition) is 3. The van der Waals surface area contributed by atoms with Gasteiger partial charge in [0.2, 0.25) is 0 Å². The molecule has 0 saturated heterocycles. The van der Waals surface area contributed by atoms with Crippen LogP contribution in [0.3, 0.4) is 0 Å². The van der Waals surface area contributed by atoms with E-state index in [2.05, 4.69) is 4.98 Å². The number of methoxy groups -OCH3 is 1. The molecule has 1 saturated carbocycles. The van der Waals surface area contributed by atoms with Crippen LogP contribution in [-0.2, 0) is 16.9 Å². The van der Waals surface area contributed by atoms with Gasteiger partial charge in [-0.3, -0.25) is 4.98 Å². The van der Waals surface area contributed by atoms with Crippen molar-refractivity contribution in [3.05, 3.63) is 29.6 Å². The number of rotatable bonds is 3. The Bertz CT molecular complexity index is 321. The minimum Gasteiger partial charge on any atom is -0.384 e. The van der Waals surface area contributed by atoms with Crippen molar-refractivity contribution in [3.8, 4) is 0 Å². The zero-order chi connectivity index (χ0) is 10.0. The first-order chi connectivity index (χ1) is 6.74. The fraction of sp³-hybridized carbons (Fsp3) is 0.545. The van der Waals surface area contributed by atoms with Crippen molar-refractivity contribution in [1.82, 2.24) is 4.98 Å². The number of aromatic nitrogens is 1. The summed E-state index contributed by atoms with van der Waals surface area (Å²) in [7, 11) is 1.65. The molecule has 1 aliphatic carbocycles. The molecule has 1 aliphatic rings. The van der Waals surface area contributed by atoms with Crippen LogP contribution in [-0.4, -0.2) is 17.2 Å². The van der Waals surface area contributed by atoms with E-state index < -0.39 is 5.60 Å². The van der Waals surface area contributed by atoms with Crippen LogP contribution in [0.4, 0.5) is 0 Å². The zero-order valence-electron chi connectivity index (χ0n) is 8.36. The van der Waals surface area contributed by atoms with E-state index in [1.807, 2.05) is 18.2 Å². The quantitative estimate of drug-likeness (QED) is 0.792. The Morgan fingerprint density at radius 2 is 2.29 bits per heavy atom. The van der Waals surface area contributed by atoms with Crippen molar-refractivity contribution in [2.24, 2.45) is 0 Å². The molecule has 1 heterocycles. The summed E-state index contributed by atoms with van der Waals surface area (Å²) in [4.78, 5) is 4.38. The molecule has 0 spiro atoms. The van der Waals surface area contributed by atoms with Gasteiger partial charge in [0.05, 0.1) is 18.0 Å². The van der Waals surface area contributed by atoms with E-state index in [0.29, 0.717) is 6.61 Å². The second-order valence-corrected chi connectivity index (χ2v) is 3.83. The molecule has 3 nitrogen and oxygen atoms in total. The molecular formula is C11H15NO2. The largest absolute Gasteiger partial charge is 0.384 e. The summed E-state index contributed by atoms with van der Waals surface area (Å²) in [5.74, 6) is 0. The van der Waals surface area contributed by atoms with E-state index in [-0.39, 0.29) is 0 Å². The Kier molecular flexibility index (Phi) is 2.52. The van der Waals surface area contributed by atoms with Crippen molar-refractivity contribution in [2.75, 3.05) is 7.11 Å². The number of pyridine rings is 1. The van der Waals surface area contributed by atoms with E-state index >= 15 is 0 Å². The van der Waals surface area contributed by atoms with Gasteiger partial charge in [-0.25, -0.2) is 0 Å². The van der Waals surface area contributed by atoms with Crippen LogP contribution >= 0.6 is 0 Å². The molecule has 0 radical (unpaired) electrons. The molecule has 0 unspecified atom stereocenters. The first kappa shape index (κ1) is 9.62. The summed E-state index contributed by atoms with van der Waals surface area (Å²) in [6.45, 7) is 0.504. The number of ether oxygens (including phenoxy) is 1. The lowest BCUT2D eigenvalue weighted by Crippen LogP contribution is -2.34. The van der Waals surface area contributed by atoms with Gasteiger partial charge in [0.15, 0.2) is 0 Å². The summed E-state index contributed by atoms with van der Waals surface area (Å²) in [6, 6.07) is 5.72. The van der Waals surface area contributed by atoms with Crippen molar-refractivity contribution >= 4 is 0 Å². The van der Waals surface area contributed by atoms with Crippen LogP contribution in [0.15, 0.2) is 18.2 Å². The molecule has 0 bridgehead atoms. The SMILES string of the molecule is COCc1cccc(C2(O)CCC2)n1. The van der Waals surface area contributed by atoms with Crippen molar-refractivity contribution in [3.63, 3.8) is 0 Å². The Labute approximate surface area is 83.7 Å². The van der Waals surface area contributed by atoms with Crippen LogP contribution in [0.5, 0.6) is 0 Å². The molecule has 0 aromatic carbocycles. The van der Waals surface area contributed by atoms with Gasteiger partial charge in [-0.2, -0.15) is 0 Å². The maximum Gasteiger partial charge on any atom is 0.106 e. The number of aliphatic hydroxyl groups is 1. The fourth-order valence-electron chi connectivity index (χ4n) is 1.73. The number of hydrogen-bond donors (Lipinski definition) is 1. The molecule has 1 aromatic rings. The lowest BCUT2D eigenvalue weighted by Gasteiger charge is -2.36. The van der Waals surface area contributed by atoms with Crippen LogP contribution in [0.1, 0.15) is 30.7 Å². The molecule has 0 atom stereocenters. The summed E-state index contributed by atoms with van der Waals surface area (Å²) in [5, 5.41) is 10.1. The molecule has 0 aliphatic heterocycles. The lowest BCUT2D eigenvalue weighted by molar-refractivity contribution is -0.0429. The van der Waals surface area contributed by atoms with Gasteiger partial charge in [-0.1, -0.05) is 6.07 Å². The van der Waals surface area contributed by atoms with Gasteiger partial charge < -0.3 is 9.84 Å². The normalized spacial score (nSPS) is 19.0. The van der Waals surface area contributed by atoms with Crippen LogP contribution in [0.2, 0.25) is 0 Å². The summed E-state index contributed by atoms with van der Waals surface area (Å²) in [5.41, 5.74) is 1.01. The van der Waals surface area contributed by atoms with Crippen LogP contribution in [0.25, 0.3) is 0 Å². The Hall–Kier alpha value is -0.930. The minimum absolute atomic E-state index is 0.504. The molecule has 14 heavy (non-hydrogen) atoms. The average Bonchev–Trinajstić information content (AvgIpc) is 2.15. The monoisotopic (exact) mass is 193 g/mol. The summed E-state index contributed by atoms with van der Waals surface area (Å²) >= 11 is 0. The van der Waals surface area contributed by atoms with Gasteiger partial charge in [-0.15, -0.1) is 0 Å². The standard InChI is InChI=1S/C11H15NO2/c1-14-8-9-4-2-5-10(12-9)11(13)6-3-7-11/h2,4-5,13H,3,6-8H2,1H3. The highest BCUT2D eigenvalue weighted by molar-refractivity contribution is 5.19. The third-order valence-electron chi connectivity index (χ3n) is 2.76. The van der Waals surface area contributed by atoms with E-state index in [1.165, 1.54) is 0 Å². The minimum atomic E-state index is -0.663. The lowest BCUT2D eigenvalue weighted by atomic mass is 9.77. The summed E-state index contributed by atoms with van der Waals surface area (Å²) < 4.78 is 5.00. The molecule has 1 aromatic heterocycles. The highest BCUT2D eigenvalue weighted by Gasteiger charge is 2.37. The molecule has 0 amide bonds. The van der Waals surface area contributed by atoms with Gasteiger partial charge in [0, 0.05) is 7.11 Å². The highest BCUT2D eigenvalue weighted by atomic mass is 16.5.